The molecule has 0 unspecified atom stereocenters. The summed E-state index contributed by atoms with van der Waals surface area (Å²) in [6, 6.07) is 5.69. The molecule has 122 valence electrons. The van der Waals surface area contributed by atoms with Gasteiger partial charge in [0, 0.05) is 37.6 Å². The first-order valence-electron chi connectivity index (χ1n) is 8.39. The summed E-state index contributed by atoms with van der Waals surface area (Å²) in [5, 5.41) is 0. The number of nitrogens with zero attached hydrogens (tertiary/aromatic N) is 2. The number of nitrogen functional groups attached to an aromatic ring is 1. The molecule has 2 atom stereocenters. The van der Waals surface area contributed by atoms with Crippen LogP contribution < -0.4 is 10.6 Å². The van der Waals surface area contributed by atoms with Crippen LogP contribution in [0.2, 0.25) is 0 Å². The van der Waals surface area contributed by atoms with Gasteiger partial charge in [0.1, 0.15) is 0 Å². The molecule has 0 aliphatic carbocycles. The van der Waals surface area contributed by atoms with Gasteiger partial charge in [0.2, 0.25) is 0 Å². The highest BCUT2D eigenvalue weighted by atomic mass is 16.2. The highest BCUT2D eigenvalue weighted by molar-refractivity contribution is 6.00. The van der Waals surface area contributed by atoms with Crippen LogP contribution in [-0.4, -0.2) is 37.0 Å². The van der Waals surface area contributed by atoms with Gasteiger partial charge in [-0.05, 0) is 50.3 Å². The molecule has 2 rings (SSSR count). The minimum absolute atomic E-state index is 0.118. The zero-order chi connectivity index (χ0) is 16.3. The monoisotopic (exact) mass is 303 g/mol. The predicted molar refractivity (Wildman–Crippen MR) is 93.3 cm³/mol. The molecule has 1 amide bonds. The van der Waals surface area contributed by atoms with E-state index in [-0.39, 0.29) is 5.91 Å². The van der Waals surface area contributed by atoms with Crippen LogP contribution in [0, 0.1) is 11.8 Å². The van der Waals surface area contributed by atoms with Gasteiger partial charge in [0.15, 0.2) is 0 Å². The first-order chi connectivity index (χ1) is 10.5. The van der Waals surface area contributed by atoms with Crippen LogP contribution in [0.25, 0.3) is 0 Å². The Bertz CT molecular complexity index is 515. The summed E-state index contributed by atoms with van der Waals surface area (Å²) in [7, 11) is 0. The predicted octanol–water partition coefficient (Wildman–Crippen LogP) is 3.23. The Morgan fingerprint density at radius 3 is 2.36 bits per heavy atom. The van der Waals surface area contributed by atoms with Crippen molar-refractivity contribution in [2.75, 3.05) is 36.8 Å². The fourth-order valence-electron chi connectivity index (χ4n) is 3.56. The number of rotatable bonds is 4. The van der Waals surface area contributed by atoms with E-state index in [1.807, 2.05) is 23.1 Å². The van der Waals surface area contributed by atoms with Crippen LogP contribution in [0.5, 0.6) is 0 Å². The number of hydrogen-bond acceptors (Lipinski definition) is 3. The quantitative estimate of drug-likeness (QED) is 0.869. The summed E-state index contributed by atoms with van der Waals surface area (Å²) in [5.41, 5.74) is 8.33. The maximum atomic E-state index is 13.0. The number of benzene rings is 1. The van der Waals surface area contributed by atoms with E-state index in [0.717, 1.165) is 37.4 Å². The largest absolute Gasteiger partial charge is 0.399 e. The number of carbonyl (C=O) groups excluding carboxylic acids is 1. The average molecular weight is 303 g/mol. The first kappa shape index (κ1) is 16.7. The average Bonchev–Trinajstić information content (AvgIpc) is 2.48. The lowest BCUT2D eigenvalue weighted by atomic mass is 9.91. The fourth-order valence-corrected chi connectivity index (χ4v) is 3.56. The van der Waals surface area contributed by atoms with E-state index in [0.29, 0.717) is 17.5 Å². The molecule has 1 aromatic rings. The molecule has 0 spiro atoms. The minimum atomic E-state index is 0.118. The Hall–Kier alpha value is -1.71. The lowest BCUT2D eigenvalue weighted by Crippen LogP contribution is -2.43. The van der Waals surface area contributed by atoms with Crippen molar-refractivity contribution in [2.24, 2.45) is 11.8 Å². The molecule has 1 saturated heterocycles. The van der Waals surface area contributed by atoms with Crippen LogP contribution in [0.4, 0.5) is 11.4 Å². The second kappa shape index (κ2) is 7.03. The normalized spacial score (nSPS) is 21.7. The molecule has 4 nitrogen and oxygen atoms in total. The van der Waals surface area contributed by atoms with Crippen molar-refractivity contribution in [3.8, 4) is 0 Å². The van der Waals surface area contributed by atoms with Gasteiger partial charge in [-0.1, -0.05) is 13.8 Å². The number of likely N-dealkylation sites (tertiary alicyclic amines) is 1. The molecule has 4 heteroatoms. The van der Waals surface area contributed by atoms with Gasteiger partial charge >= 0.3 is 0 Å². The van der Waals surface area contributed by atoms with Gasteiger partial charge < -0.3 is 15.5 Å². The number of anilines is 2. The molecule has 0 bridgehead atoms. The van der Waals surface area contributed by atoms with Crippen LogP contribution >= 0.6 is 0 Å². The van der Waals surface area contributed by atoms with Gasteiger partial charge in [-0.2, -0.15) is 0 Å². The highest BCUT2D eigenvalue weighted by Crippen LogP contribution is 2.28. The molecule has 22 heavy (non-hydrogen) atoms. The molecular formula is C18H29N3O. The van der Waals surface area contributed by atoms with Crippen molar-refractivity contribution in [3.63, 3.8) is 0 Å². The van der Waals surface area contributed by atoms with Crippen molar-refractivity contribution in [1.29, 1.82) is 0 Å². The third-order valence-electron chi connectivity index (χ3n) is 4.51. The van der Waals surface area contributed by atoms with E-state index in [9.17, 15) is 4.79 Å². The Morgan fingerprint density at radius 1 is 1.23 bits per heavy atom. The molecule has 1 aliphatic heterocycles. The molecular weight excluding hydrogens is 274 g/mol. The number of piperidine rings is 1. The Balaban J connectivity index is 2.33. The maximum Gasteiger partial charge on any atom is 0.256 e. The smallest absolute Gasteiger partial charge is 0.256 e. The van der Waals surface area contributed by atoms with E-state index in [1.165, 1.54) is 6.42 Å². The van der Waals surface area contributed by atoms with E-state index in [4.69, 9.17) is 5.73 Å². The molecule has 1 fully saturated rings. The van der Waals surface area contributed by atoms with Gasteiger partial charge in [-0.25, -0.2) is 0 Å². The summed E-state index contributed by atoms with van der Waals surface area (Å²) in [6.07, 6.45) is 1.20. The Labute approximate surface area is 134 Å². The van der Waals surface area contributed by atoms with Crippen molar-refractivity contribution in [3.05, 3.63) is 23.8 Å². The van der Waals surface area contributed by atoms with Gasteiger partial charge in [-0.3, -0.25) is 4.79 Å². The van der Waals surface area contributed by atoms with Crippen molar-refractivity contribution in [2.45, 2.75) is 34.1 Å². The van der Waals surface area contributed by atoms with Gasteiger partial charge in [0.25, 0.3) is 5.91 Å². The Kier molecular flexibility index (Phi) is 5.33. The standard InChI is InChI=1S/C18H29N3O/c1-5-20(6-2)17-8-7-15(19)10-16(17)18(22)21-11-13(3)9-14(4)12-21/h7-8,10,13-14H,5-6,9,11-12,19H2,1-4H3/t13-,14-/m0/s1. The number of carbonyl (C=O) groups is 1. The third kappa shape index (κ3) is 3.54. The van der Waals surface area contributed by atoms with Crippen LogP contribution in [0.15, 0.2) is 18.2 Å². The van der Waals surface area contributed by atoms with Crippen LogP contribution in [0.1, 0.15) is 44.5 Å². The van der Waals surface area contributed by atoms with Crippen molar-refractivity contribution in [1.82, 2.24) is 4.90 Å². The molecule has 1 aliphatic rings. The van der Waals surface area contributed by atoms with Gasteiger partial charge in [0.05, 0.1) is 5.56 Å². The summed E-state index contributed by atoms with van der Waals surface area (Å²) in [6.45, 7) is 12.1. The molecule has 0 aromatic heterocycles. The molecule has 1 aromatic carbocycles. The zero-order valence-electron chi connectivity index (χ0n) is 14.3. The molecule has 0 saturated carbocycles. The molecule has 1 heterocycles. The van der Waals surface area contributed by atoms with Crippen molar-refractivity contribution < 1.29 is 4.79 Å². The summed E-state index contributed by atoms with van der Waals surface area (Å²) in [5.74, 6) is 1.24. The van der Waals surface area contributed by atoms with E-state index in [1.54, 1.807) is 0 Å². The lowest BCUT2D eigenvalue weighted by Gasteiger charge is -2.36. The summed E-state index contributed by atoms with van der Waals surface area (Å²) < 4.78 is 0. The topological polar surface area (TPSA) is 49.6 Å². The second-order valence-corrected chi connectivity index (χ2v) is 6.61. The highest BCUT2D eigenvalue weighted by Gasteiger charge is 2.28. The Morgan fingerprint density at radius 2 is 1.82 bits per heavy atom. The van der Waals surface area contributed by atoms with Crippen LogP contribution in [0.3, 0.4) is 0 Å². The van der Waals surface area contributed by atoms with Crippen LogP contribution in [-0.2, 0) is 0 Å². The zero-order valence-corrected chi connectivity index (χ0v) is 14.3. The first-order valence-corrected chi connectivity index (χ1v) is 8.39. The third-order valence-corrected chi connectivity index (χ3v) is 4.51. The number of hydrogen-bond donors (Lipinski definition) is 1. The minimum Gasteiger partial charge on any atom is -0.399 e. The second-order valence-electron chi connectivity index (χ2n) is 6.61. The summed E-state index contributed by atoms with van der Waals surface area (Å²) in [4.78, 5) is 17.3. The lowest BCUT2D eigenvalue weighted by molar-refractivity contribution is 0.0624. The van der Waals surface area contributed by atoms with E-state index >= 15 is 0 Å². The van der Waals surface area contributed by atoms with E-state index in [2.05, 4.69) is 32.6 Å². The fraction of sp³-hybridized carbons (Fsp3) is 0.611. The number of nitrogens with two attached hydrogens (primary N) is 1. The SMILES string of the molecule is CCN(CC)c1ccc(N)cc1C(=O)N1C[C@@H](C)C[C@H](C)C1. The van der Waals surface area contributed by atoms with Gasteiger partial charge in [-0.15, -0.1) is 0 Å². The number of amides is 1. The maximum absolute atomic E-state index is 13.0. The molecule has 0 radical (unpaired) electrons. The molecule has 2 N–H and O–H groups in total. The van der Waals surface area contributed by atoms with Crippen molar-refractivity contribution >= 4 is 17.3 Å². The summed E-state index contributed by atoms with van der Waals surface area (Å²) >= 11 is 0. The van der Waals surface area contributed by atoms with E-state index < -0.39 is 0 Å².